The van der Waals surface area contributed by atoms with Crippen LogP contribution in [0.1, 0.15) is 23.2 Å². The molecule has 104 valence electrons. The SMILES string of the molecule is COc1ccc(C(=O)NCC(O)C2CC2)cc1OC. The average Bonchev–Trinajstić information content (AvgIpc) is 3.28. The summed E-state index contributed by atoms with van der Waals surface area (Å²) >= 11 is 0. The van der Waals surface area contributed by atoms with Crippen molar-refractivity contribution in [3.8, 4) is 11.5 Å². The van der Waals surface area contributed by atoms with E-state index in [1.807, 2.05) is 0 Å². The maximum Gasteiger partial charge on any atom is 0.251 e. The van der Waals surface area contributed by atoms with E-state index in [1.165, 1.54) is 7.11 Å². The molecule has 2 N–H and O–H groups in total. The van der Waals surface area contributed by atoms with Gasteiger partial charge >= 0.3 is 0 Å². The molecule has 0 bridgehead atoms. The van der Waals surface area contributed by atoms with Gasteiger partial charge in [0.1, 0.15) is 0 Å². The van der Waals surface area contributed by atoms with Crippen LogP contribution in [0, 0.1) is 5.92 Å². The molecule has 0 radical (unpaired) electrons. The summed E-state index contributed by atoms with van der Waals surface area (Å²) in [5.41, 5.74) is 0.487. The van der Waals surface area contributed by atoms with Crippen molar-refractivity contribution < 1.29 is 19.4 Å². The summed E-state index contributed by atoms with van der Waals surface area (Å²) in [6.45, 7) is 0.290. The van der Waals surface area contributed by atoms with Gasteiger partial charge in [0.05, 0.1) is 20.3 Å². The molecule has 1 saturated carbocycles. The second kappa shape index (κ2) is 5.93. The van der Waals surface area contributed by atoms with E-state index in [9.17, 15) is 9.90 Å². The first-order valence-corrected chi connectivity index (χ1v) is 6.34. The predicted molar refractivity (Wildman–Crippen MR) is 70.6 cm³/mol. The minimum atomic E-state index is -0.441. The minimum Gasteiger partial charge on any atom is -0.493 e. The largest absolute Gasteiger partial charge is 0.493 e. The van der Waals surface area contributed by atoms with E-state index < -0.39 is 6.10 Å². The Balaban J connectivity index is 1.97. The predicted octanol–water partition coefficient (Wildman–Crippen LogP) is 1.20. The van der Waals surface area contributed by atoms with Gasteiger partial charge in [0.2, 0.25) is 0 Å². The van der Waals surface area contributed by atoms with Crippen LogP contribution in [0.5, 0.6) is 11.5 Å². The van der Waals surface area contributed by atoms with Crippen LogP contribution >= 0.6 is 0 Å². The van der Waals surface area contributed by atoms with Crippen molar-refractivity contribution >= 4 is 5.91 Å². The smallest absolute Gasteiger partial charge is 0.251 e. The van der Waals surface area contributed by atoms with E-state index >= 15 is 0 Å². The number of hydrogen-bond donors (Lipinski definition) is 2. The molecule has 1 atom stereocenters. The molecule has 1 aromatic rings. The molecule has 1 aliphatic carbocycles. The molecule has 1 amide bonds. The van der Waals surface area contributed by atoms with Crippen LogP contribution in [0.3, 0.4) is 0 Å². The summed E-state index contributed by atoms with van der Waals surface area (Å²) in [7, 11) is 3.07. The summed E-state index contributed by atoms with van der Waals surface area (Å²) in [6.07, 6.45) is 1.66. The molecule has 1 fully saturated rings. The van der Waals surface area contributed by atoms with Gasteiger partial charge < -0.3 is 19.9 Å². The van der Waals surface area contributed by atoms with Crippen molar-refractivity contribution in [2.24, 2.45) is 5.92 Å². The van der Waals surface area contributed by atoms with Crippen LogP contribution in [-0.4, -0.2) is 37.9 Å². The number of hydrogen-bond acceptors (Lipinski definition) is 4. The van der Waals surface area contributed by atoms with Gasteiger partial charge in [-0.05, 0) is 37.0 Å². The summed E-state index contributed by atoms with van der Waals surface area (Å²) in [5, 5.41) is 12.4. The third kappa shape index (κ3) is 3.38. The fourth-order valence-corrected chi connectivity index (χ4v) is 1.92. The number of benzene rings is 1. The molecule has 0 saturated heterocycles. The Labute approximate surface area is 112 Å². The zero-order valence-electron chi connectivity index (χ0n) is 11.2. The van der Waals surface area contributed by atoms with Crippen LogP contribution < -0.4 is 14.8 Å². The maximum absolute atomic E-state index is 11.9. The van der Waals surface area contributed by atoms with Gasteiger partial charge in [-0.2, -0.15) is 0 Å². The third-order valence-corrected chi connectivity index (χ3v) is 3.28. The number of nitrogens with one attached hydrogen (secondary N) is 1. The lowest BCUT2D eigenvalue weighted by atomic mass is 10.1. The number of methoxy groups -OCH3 is 2. The third-order valence-electron chi connectivity index (χ3n) is 3.28. The molecule has 5 heteroatoms. The number of aliphatic hydroxyl groups excluding tert-OH is 1. The standard InChI is InChI=1S/C14H19NO4/c1-18-12-6-5-10(7-13(12)19-2)14(17)15-8-11(16)9-3-4-9/h5-7,9,11,16H,3-4,8H2,1-2H3,(H,15,17). The lowest BCUT2D eigenvalue weighted by molar-refractivity contribution is 0.0901. The van der Waals surface area contributed by atoms with Crippen molar-refractivity contribution in [3.63, 3.8) is 0 Å². The number of rotatable bonds is 6. The summed E-state index contributed by atoms with van der Waals surface area (Å²) in [4.78, 5) is 11.9. The minimum absolute atomic E-state index is 0.222. The highest BCUT2D eigenvalue weighted by molar-refractivity contribution is 5.94. The fraction of sp³-hybridized carbons (Fsp3) is 0.500. The summed E-state index contributed by atoms with van der Waals surface area (Å²) in [6, 6.07) is 4.98. The van der Waals surface area contributed by atoms with Crippen molar-refractivity contribution in [2.45, 2.75) is 18.9 Å². The van der Waals surface area contributed by atoms with Crippen LogP contribution in [-0.2, 0) is 0 Å². The van der Waals surface area contributed by atoms with E-state index in [0.717, 1.165) is 12.8 Å². The normalized spacial score (nSPS) is 15.7. The van der Waals surface area contributed by atoms with Gasteiger partial charge in [-0.25, -0.2) is 0 Å². The van der Waals surface area contributed by atoms with E-state index in [0.29, 0.717) is 23.0 Å². The first-order valence-electron chi connectivity index (χ1n) is 6.34. The first-order chi connectivity index (χ1) is 9.15. The Morgan fingerprint density at radius 2 is 2.05 bits per heavy atom. The summed E-state index contributed by atoms with van der Waals surface area (Å²) in [5.74, 6) is 1.22. The molecule has 2 rings (SSSR count). The average molecular weight is 265 g/mol. The fourth-order valence-electron chi connectivity index (χ4n) is 1.92. The number of ether oxygens (including phenoxy) is 2. The molecule has 19 heavy (non-hydrogen) atoms. The van der Waals surface area contributed by atoms with Crippen LogP contribution in [0.2, 0.25) is 0 Å². The Kier molecular flexibility index (Phi) is 4.27. The second-order valence-corrected chi connectivity index (χ2v) is 4.68. The van der Waals surface area contributed by atoms with Gasteiger partial charge in [0.25, 0.3) is 5.91 Å². The molecule has 1 unspecified atom stereocenters. The van der Waals surface area contributed by atoms with Crippen molar-refractivity contribution in [1.82, 2.24) is 5.32 Å². The molecule has 0 aliphatic heterocycles. The molecule has 5 nitrogen and oxygen atoms in total. The lowest BCUT2D eigenvalue weighted by Gasteiger charge is -2.12. The van der Waals surface area contributed by atoms with Gasteiger partial charge in [-0.1, -0.05) is 0 Å². The highest BCUT2D eigenvalue weighted by Gasteiger charge is 2.29. The van der Waals surface area contributed by atoms with E-state index in [-0.39, 0.29) is 12.5 Å². The Bertz CT molecular complexity index is 457. The Morgan fingerprint density at radius 1 is 1.37 bits per heavy atom. The molecular formula is C14H19NO4. The van der Waals surface area contributed by atoms with Gasteiger partial charge in [-0.15, -0.1) is 0 Å². The highest BCUT2D eigenvalue weighted by Crippen LogP contribution is 2.32. The monoisotopic (exact) mass is 265 g/mol. The number of amides is 1. The number of carbonyl (C=O) groups excluding carboxylic acids is 1. The first kappa shape index (κ1) is 13.7. The topological polar surface area (TPSA) is 67.8 Å². The van der Waals surface area contributed by atoms with E-state index in [4.69, 9.17) is 9.47 Å². The van der Waals surface area contributed by atoms with Crippen LogP contribution in [0.25, 0.3) is 0 Å². The number of carbonyl (C=O) groups is 1. The molecule has 1 aromatic carbocycles. The van der Waals surface area contributed by atoms with Crippen molar-refractivity contribution in [2.75, 3.05) is 20.8 Å². The zero-order chi connectivity index (χ0) is 13.8. The van der Waals surface area contributed by atoms with Gasteiger partial charge in [-0.3, -0.25) is 4.79 Å². The second-order valence-electron chi connectivity index (χ2n) is 4.68. The zero-order valence-corrected chi connectivity index (χ0v) is 11.2. The number of aliphatic hydroxyl groups is 1. The van der Waals surface area contributed by atoms with Crippen molar-refractivity contribution in [1.29, 1.82) is 0 Å². The molecule has 0 heterocycles. The highest BCUT2D eigenvalue weighted by atomic mass is 16.5. The Morgan fingerprint density at radius 3 is 2.63 bits per heavy atom. The maximum atomic E-state index is 11.9. The van der Waals surface area contributed by atoms with E-state index in [2.05, 4.69) is 5.32 Å². The Hall–Kier alpha value is -1.75. The molecule has 0 spiro atoms. The van der Waals surface area contributed by atoms with Crippen LogP contribution in [0.4, 0.5) is 0 Å². The molecule has 0 aromatic heterocycles. The molecule has 1 aliphatic rings. The lowest BCUT2D eigenvalue weighted by Crippen LogP contribution is -2.33. The quantitative estimate of drug-likeness (QED) is 0.811. The van der Waals surface area contributed by atoms with Gasteiger partial charge in [0, 0.05) is 12.1 Å². The van der Waals surface area contributed by atoms with Gasteiger partial charge in [0.15, 0.2) is 11.5 Å². The van der Waals surface area contributed by atoms with E-state index in [1.54, 1.807) is 25.3 Å². The van der Waals surface area contributed by atoms with Crippen molar-refractivity contribution in [3.05, 3.63) is 23.8 Å². The molecular weight excluding hydrogens is 246 g/mol. The summed E-state index contributed by atoms with van der Waals surface area (Å²) < 4.78 is 10.3. The van der Waals surface area contributed by atoms with Crippen LogP contribution in [0.15, 0.2) is 18.2 Å².